The number of anilines is 1. The molecule has 0 saturated carbocycles. The molecule has 7 heteroatoms. The predicted octanol–water partition coefficient (Wildman–Crippen LogP) is 1.90. The molecule has 1 aliphatic heterocycles. The fourth-order valence-corrected chi connectivity index (χ4v) is 2.85. The van der Waals surface area contributed by atoms with Crippen LogP contribution in [0.1, 0.15) is 47.3 Å². The number of aryl methyl sites for hydroxylation is 2. The molecular weight excluding hydrogens is 304 g/mol. The number of nitrogens with zero attached hydrogens (tertiary/aromatic N) is 5. The first kappa shape index (κ1) is 16.4. The fourth-order valence-electron chi connectivity index (χ4n) is 2.85. The van der Waals surface area contributed by atoms with E-state index >= 15 is 0 Å². The zero-order valence-electron chi connectivity index (χ0n) is 14.7. The van der Waals surface area contributed by atoms with E-state index in [0.29, 0.717) is 24.7 Å². The van der Waals surface area contributed by atoms with Crippen LogP contribution in [0.25, 0.3) is 0 Å². The van der Waals surface area contributed by atoms with Crippen LogP contribution in [0.4, 0.5) is 5.82 Å². The summed E-state index contributed by atoms with van der Waals surface area (Å²) in [6, 6.07) is 1.86. The average Bonchev–Trinajstić information content (AvgIpc) is 3.07. The minimum atomic E-state index is -0.00940. The standard InChI is InChI=1S/C17H24N6O/c1-11(2)14-9-15(21-20-14)17(24)23-7-5-22(6-8-23)16-13(4)18-10-12(3)19-16/h9-11H,5-8H2,1-4H3,(H,20,21). The lowest BCUT2D eigenvalue weighted by Gasteiger charge is -2.35. The van der Waals surface area contributed by atoms with Crippen LogP contribution in [-0.4, -0.2) is 57.2 Å². The first-order valence-electron chi connectivity index (χ1n) is 8.35. The van der Waals surface area contributed by atoms with Gasteiger partial charge in [0.1, 0.15) is 11.5 Å². The number of H-pyrrole nitrogens is 1. The molecule has 0 radical (unpaired) electrons. The topological polar surface area (TPSA) is 78.0 Å². The molecule has 0 atom stereocenters. The van der Waals surface area contributed by atoms with Crippen LogP contribution in [0, 0.1) is 13.8 Å². The predicted molar refractivity (Wildman–Crippen MR) is 92.3 cm³/mol. The molecule has 7 nitrogen and oxygen atoms in total. The third-order valence-corrected chi connectivity index (χ3v) is 4.36. The van der Waals surface area contributed by atoms with Gasteiger partial charge < -0.3 is 9.80 Å². The van der Waals surface area contributed by atoms with Gasteiger partial charge in [0.05, 0.1) is 11.4 Å². The molecule has 0 spiro atoms. The third kappa shape index (κ3) is 3.25. The van der Waals surface area contributed by atoms with Crippen molar-refractivity contribution in [2.45, 2.75) is 33.6 Å². The summed E-state index contributed by atoms with van der Waals surface area (Å²) in [6.07, 6.45) is 1.78. The Morgan fingerprint density at radius 2 is 1.92 bits per heavy atom. The number of carbonyl (C=O) groups excluding carboxylic acids is 1. The van der Waals surface area contributed by atoms with Gasteiger partial charge >= 0.3 is 0 Å². The van der Waals surface area contributed by atoms with Crippen molar-refractivity contribution < 1.29 is 4.79 Å². The van der Waals surface area contributed by atoms with E-state index in [4.69, 9.17) is 0 Å². The van der Waals surface area contributed by atoms with Gasteiger partial charge in [-0.15, -0.1) is 0 Å². The molecule has 3 heterocycles. The van der Waals surface area contributed by atoms with Crippen LogP contribution in [0.2, 0.25) is 0 Å². The number of aromatic amines is 1. The van der Waals surface area contributed by atoms with E-state index in [2.05, 4.69) is 38.9 Å². The fraction of sp³-hybridized carbons (Fsp3) is 0.529. The molecule has 0 aromatic carbocycles. The number of rotatable bonds is 3. The van der Waals surface area contributed by atoms with Crippen LogP contribution >= 0.6 is 0 Å². The number of aromatic nitrogens is 4. The Labute approximate surface area is 142 Å². The largest absolute Gasteiger partial charge is 0.352 e. The van der Waals surface area contributed by atoms with Gasteiger partial charge in [0.25, 0.3) is 5.91 Å². The van der Waals surface area contributed by atoms with E-state index in [9.17, 15) is 4.79 Å². The maximum atomic E-state index is 12.6. The van der Waals surface area contributed by atoms with Crippen LogP contribution in [-0.2, 0) is 0 Å². The zero-order chi connectivity index (χ0) is 17.3. The maximum Gasteiger partial charge on any atom is 0.274 e. The molecule has 1 aliphatic rings. The Kier molecular flexibility index (Phi) is 4.51. The van der Waals surface area contributed by atoms with Gasteiger partial charge in [-0.3, -0.25) is 14.9 Å². The first-order chi connectivity index (χ1) is 11.5. The quantitative estimate of drug-likeness (QED) is 0.931. The number of hydrogen-bond donors (Lipinski definition) is 1. The van der Waals surface area contributed by atoms with Crippen molar-refractivity contribution in [1.29, 1.82) is 0 Å². The second-order valence-corrected chi connectivity index (χ2v) is 6.56. The number of carbonyl (C=O) groups is 1. The van der Waals surface area contributed by atoms with Crippen molar-refractivity contribution in [3.05, 3.63) is 35.0 Å². The highest BCUT2D eigenvalue weighted by molar-refractivity contribution is 5.92. The van der Waals surface area contributed by atoms with Crippen molar-refractivity contribution in [2.24, 2.45) is 0 Å². The molecule has 0 aliphatic carbocycles. The molecular formula is C17H24N6O. The minimum absolute atomic E-state index is 0.00940. The van der Waals surface area contributed by atoms with Crippen molar-refractivity contribution >= 4 is 11.7 Å². The van der Waals surface area contributed by atoms with Gasteiger partial charge in [0, 0.05) is 38.1 Å². The van der Waals surface area contributed by atoms with Crippen molar-refractivity contribution in [2.75, 3.05) is 31.1 Å². The van der Waals surface area contributed by atoms with Crippen molar-refractivity contribution in [1.82, 2.24) is 25.1 Å². The highest BCUT2D eigenvalue weighted by Gasteiger charge is 2.25. The van der Waals surface area contributed by atoms with Crippen molar-refractivity contribution in [3.63, 3.8) is 0 Å². The van der Waals surface area contributed by atoms with Gasteiger partial charge in [-0.1, -0.05) is 13.8 Å². The summed E-state index contributed by atoms with van der Waals surface area (Å²) in [5, 5.41) is 7.11. The normalized spacial score (nSPS) is 15.2. The molecule has 128 valence electrons. The van der Waals surface area contributed by atoms with E-state index in [1.54, 1.807) is 6.20 Å². The van der Waals surface area contributed by atoms with E-state index in [-0.39, 0.29) is 5.91 Å². The smallest absolute Gasteiger partial charge is 0.274 e. The highest BCUT2D eigenvalue weighted by atomic mass is 16.2. The molecule has 0 bridgehead atoms. The Hall–Kier alpha value is -2.44. The molecule has 24 heavy (non-hydrogen) atoms. The second-order valence-electron chi connectivity index (χ2n) is 6.56. The SMILES string of the molecule is Cc1cnc(C)c(N2CCN(C(=O)c3cc(C(C)C)[nH]n3)CC2)n1. The molecule has 1 saturated heterocycles. The van der Waals surface area contributed by atoms with Gasteiger partial charge in [-0.2, -0.15) is 5.10 Å². The molecule has 2 aromatic rings. The minimum Gasteiger partial charge on any atom is -0.352 e. The van der Waals surface area contributed by atoms with Crippen LogP contribution < -0.4 is 4.90 Å². The zero-order valence-corrected chi connectivity index (χ0v) is 14.7. The monoisotopic (exact) mass is 328 g/mol. The molecule has 1 fully saturated rings. The van der Waals surface area contributed by atoms with Crippen LogP contribution in [0.15, 0.2) is 12.3 Å². The van der Waals surface area contributed by atoms with Crippen LogP contribution in [0.3, 0.4) is 0 Å². The number of piperazine rings is 1. The van der Waals surface area contributed by atoms with Crippen LogP contribution in [0.5, 0.6) is 0 Å². The Balaban J connectivity index is 1.66. The van der Waals surface area contributed by atoms with Gasteiger partial charge in [0.2, 0.25) is 0 Å². The summed E-state index contributed by atoms with van der Waals surface area (Å²) < 4.78 is 0. The second kappa shape index (κ2) is 6.59. The highest BCUT2D eigenvalue weighted by Crippen LogP contribution is 2.19. The lowest BCUT2D eigenvalue weighted by atomic mass is 10.1. The molecule has 0 unspecified atom stereocenters. The molecule has 1 N–H and O–H groups in total. The number of nitrogens with one attached hydrogen (secondary N) is 1. The summed E-state index contributed by atoms with van der Waals surface area (Å²) in [6.45, 7) is 10.9. The summed E-state index contributed by atoms with van der Waals surface area (Å²) in [5.41, 5.74) is 3.32. The third-order valence-electron chi connectivity index (χ3n) is 4.36. The van der Waals surface area contributed by atoms with E-state index in [0.717, 1.165) is 36.0 Å². The summed E-state index contributed by atoms with van der Waals surface area (Å²) in [4.78, 5) is 25.6. The summed E-state index contributed by atoms with van der Waals surface area (Å²) >= 11 is 0. The Bertz CT molecular complexity index is 730. The van der Waals surface area contributed by atoms with Crippen molar-refractivity contribution in [3.8, 4) is 0 Å². The molecule has 3 rings (SSSR count). The Morgan fingerprint density at radius 3 is 2.54 bits per heavy atom. The molecule has 1 amide bonds. The summed E-state index contributed by atoms with van der Waals surface area (Å²) in [7, 11) is 0. The lowest BCUT2D eigenvalue weighted by molar-refractivity contribution is 0.0740. The van der Waals surface area contributed by atoms with E-state index in [1.807, 2.05) is 24.8 Å². The van der Waals surface area contributed by atoms with E-state index in [1.165, 1.54) is 0 Å². The maximum absolute atomic E-state index is 12.6. The van der Waals surface area contributed by atoms with E-state index < -0.39 is 0 Å². The molecule has 2 aromatic heterocycles. The first-order valence-corrected chi connectivity index (χ1v) is 8.35. The number of hydrogen-bond acceptors (Lipinski definition) is 5. The number of amides is 1. The van der Waals surface area contributed by atoms with Gasteiger partial charge in [-0.25, -0.2) is 4.98 Å². The van der Waals surface area contributed by atoms with Gasteiger partial charge in [0.15, 0.2) is 0 Å². The Morgan fingerprint density at radius 1 is 1.21 bits per heavy atom. The lowest BCUT2D eigenvalue weighted by Crippen LogP contribution is -2.49. The van der Waals surface area contributed by atoms with Gasteiger partial charge in [-0.05, 0) is 25.8 Å². The average molecular weight is 328 g/mol. The summed E-state index contributed by atoms with van der Waals surface area (Å²) in [5.74, 6) is 1.24.